The van der Waals surface area contributed by atoms with Gasteiger partial charge in [0, 0.05) is 13.1 Å². The summed E-state index contributed by atoms with van der Waals surface area (Å²) in [6, 6.07) is 0. The largest absolute Gasteiger partial charge is 0.484 e. The van der Waals surface area contributed by atoms with Crippen LogP contribution in [-0.4, -0.2) is 34.6 Å². The highest BCUT2D eigenvalue weighted by atomic mass is 16.5. The Morgan fingerprint density at radius 2 is 2.22 bits per heavy atom. The first kappa shape index (κ1) is 11.1. The number of aromatic carboxylic acids is 1. The summed E-state index contributed by atoms with van der Waals surface area (Å²) in [5.74, 6) is -0.435. The third kappa shape index (κ3) is 1.64. The van der Waals surface area contributed by atoms with Crippen LogP contribution in [0.4, 0.5) is 5.69 Å². The summed E-state index contributed by atoms with van der Waals surface area (Å²) in [5.41, 5.74) is 0.540. The van der Waals surface area contributed by atoms with Crippen molar-refractivity contribution >= 4 is 17.6 Å². The molecule has 0 bridgehead atoms. The van der Waals surface area contributed by atoms with E-state index in [9.17, 15) is 9.59 Å². The van der Waals surface area contributed by atoms with Gasteiger partial charge in [-0.25, -0.2) is 4.79 Å². The van der Waals surface area contributed by atoms with Gasteiger partial charge in [-0.1, -0.05) is 0 Å². The van der Waals surface area contributed by atoms with Crippen LogP contribution in [-0.2, 0) is 4.79 Å². The highest BCUT2D eigenvalue weighted by Crippen LogP contribution is 2.43. The van der Waals surface area contributed by atoms with E-state index in [1.807, 2.05) is 0 Å². The summed E-state index contributed by atoms with van der Waals surface area (Å²) in [4.78, 5) is 27.0. The second-order valence-corrected chi connectivity index (χ2v) is 4.81. The molecule has 18 heavy (non-hydrogen) atoms. The molecular weight excluding hydrogens is 236 g/mol. The molecular formula is C12H14N2O4. The van der Waals surface area contributed by atoms with Crippen molar-refractivity contribution < 1.29 is 19.4 Å². The Hall–Kier alpha value is -1.98. The average molecular weight is 250 g/mol. The number of carboxylic acid groups (broad SMARTS) is 1. The lowest BCUT2D eigenvalue weighted by Crippen LogP contribution is -2.43. The normalized spacial score (nSPS) is 22.3. The summed E-state index contributed by atoms with van der Waals surface area (Å²) < 4.78 is 5.76. The SMILES string of the molecule is CC(=O)N1CC(C2CC2)Oc2c1c[nH]c2C(=O)O. The fourth-order valence-corrected chi connectivity index (χ4v) is 2.36. The van der Waals surface area contributed by atoms with Crippen molar-refractivity contribution in [2.75, 3.05) is 11.4 Å². The van der Waals surface area contributed by atoms with Gasteiger partial charge in [-0.15, -0.1) is 0 Å². The molecule has 1 aliphatic heterocycles. The monoisotopic (exact) mass is 250 g/mol. The Balaban J connectivity index is 2.01. The fourth-order valence-electron chi connectivity index (χ4n) is 2.36. The number of nitrogens with zero attached hydrogens (tertiary/aromatic N) is 1. The number of hydrogen-bond acceptors (Lipinski definition) is 3. The summed E-state index contributed by atoms with van der Waals surface area (Å²) >= 11 is 0. The summed E-state index contributed by atoms with van der Waals surface area (Å²) in [5, 5.41) is 9.08. The van der Waals surface area contributed by atoms with Crippen molar-refractivity contribution in [3.05, 3.63) is 11.9 Å². The molecule has 2 N–H and O–H groups in total. The lowest BCUT2D eigenvalue weighted by molar-refractivity contribution is -0.117. The Labute approximate surface area is 104 Å². The summed E-state index contributed by atoms with van der Waals surface area (Å²) in [7, 11) is 0. The molecule has 6 nitrogen and oxygen atoms in total. The lowest BCUT2D eigenvalue weighted by Gasteiger charge is -2.32. The average Bonchev–Trinajstić information content (AvgIpc) is 3.07. The molecule has 1 atom stereocenters. The molecule has 96 valence electrons. The maximum Gasteiger partial charge on any atom is 0.356 e. The minimum atomic E-state index is -1.07. The van der Waals surface area contributed by atoms with Gasteiger partial charge in [0.2, 0.25) is 5.91 Å². The van der Waals surface area contributed by atoms with Gasteiger partial charge in [-0.05, 0) is 18.8 Å². The zero-order valence-electron chi connectivity index (χ0n) is 9.97. The minimum absolute atomic E-state index is 0.0154. The molecule has 1 saturated carbocycles. The molecule has 1 fully saturated rings. The molecule has 1 aromatic rings. The van der Waals surface area contributed by atoms with Gasteiger partial charge in [0.1, 0.15) is 11.8 Å². The van der Waals surface area contributed by atoms with Crippen molar-refractivity contribution in [3.8, 4) is 5.75 Å². The number of carbonyl (C=O) groups is 2. The van der Waals surface area contributed by atoms with Gasteiger partial charge >= 0.3 is 5.97 Å². The second kappa shape index (κ2) is 3.76. The third-order valence-corrected chi connectivity index (χ3v) is 3.48. The molecule has 6 heteroatoms. The van der Waals surface area contributed by atoms with Crippen LogP contribution < -0.4 is 9.64 Å². The minimum Gasteiger partial charge on any atom is -0.484 e. The number of fused-ring (bicyclic) bond motifs is 1. The van der Waals surface area contributed by atoms with Crippen molar-refractivity contribution in [1.29, 1.82) is 0 Å². The van der Waals surface area contributed by atoms with E-state index < -0.39 is 5.97 Å². The van der Waals surface area contributed by atoms with E-state index in [4.69, 9.17) is 9.84 Å². The molecule has 0 aromatic carbocycles. The molecule has 2 heterocycles. The van der Waals surface area contributed by atoms with Crippen LogP contribution in [0.15, 0.2) is 6.20 Å². The first-order valence-corrected chi connectivity index (χ1v) is 5.97. The molecule has 2 aliphatic rings. The molecule has 0 saturated heterocycles. The van der Waals surface area contributed by atoms with Crippen LogP contribution in [0.1, 0.15) is 30.3 Å². The number of carboxylic acids is 1. The van der Waals surface area contributed by atoms with Gasteiger partial charge in [0.05, 0.1) is 6.54 Å². The van der Waals surface area contributed by atoms with Crippen LogP contribution in [0.5, 0.6) is 5.75 Å². The number of aromatic amines is 1. The van der Waals surface area contributed by atoms with E-state index in [1.165, 1.54) is 13.1 Å². The van der Waals surface area contributed by atoms with E-state index in [2.05, 4.69) is 4.98 Å². The quantitative estimate of drug-likeness (QED) is 0.827. The second-order valence-electron chi connectivity index (χ2n) is 4.81. The van der Waals surface area contributed by atoms with Gasteiger partial charge in [0.25, 0.3) is 0 Å². The number of ether oxygens (including phenoxy) is 1. The van der Waals surface area contributed by atoms with Crippen LogP contribution in [0.25, 0.3) is 0 Å². The van der Waals surface area contributed by atoms with Crippen molar-refractivity contribution in [2.45, 2.75) is 25.9 Å². The summed E-state index contributed by atoms with van der Waals surface area (Å²) in [6.45, 7) is 1.98. The van der Waals surface area contributed by atoms with E-state index >= 15 is 0 Å². The maximum absolute atomic E-state index is 11.6. The van der Waals surface area contributed by atoms with Gasteiger partial charge in [-0.3, -0.25) is 4.79 Å². The number of amides is 1. The third-order valence-electron chi connectivity index (χ3n) is 3.48. The maximum atomic E-state index is 11.6. The van der Waals surface area contributed by atoms with Gasteiger partial charge < -0.3 is 19.7 Å². The van der Waals surface area contributed by atoms with E-state index in [0.717, 1.165) is 12.8 Å². The molecule has 0 spiro atoms. The Morgan fingerprint density at radius 1 is 1.50 bits per heavy atom. The van der Waals surface area contributed by atoms with Crippen molar-refractivity contribution in [2.24, 2.45) is 5.92 Å². The van der Waals surface area contributed by atoms with Crippen molar-refractivity contribution in [3.63, 3.8) is 0 Å². The molecule has 1 amide bonds. The highest BCUT2D eigenvalue weighted by Gasteiger charge is 2.40. The van der Waals surface area contributed by atoms with Crippen LogP contribution in [0.2, 0.25) is 0 Å². The van der Waals surface area contributed by atoms with Crippen LogP contribution in [0.3, 0.4) is 0 Å². The van der Waals surface area contributed by atoms with Gasteiger partial charge in [-0.2, -0.15) is 0 Å². The molecule has 0 radical (unpaired) electrons. The topological polar surface area (TPSA) is 82.6 Å². The lowest BCUT2D eigenvalue weighted by atomic mass is 10.1. The number of nitrogens with one attached hydrogen (secondary N) is 1. The molecule has 1 unspecified atom stereocenters. The number of H-pyrrole nitrogens is 1. The first-order valence-electron chi connectivity index (χ1n) is 5.97. The number of rotatable bonds is 2. The van der Waals surface area contributed by atoms with E-state index in [1.54, 1.807) is 4.90 Å². The van der Waals surface area contributed by atoms with Crippen molar-refractivity contribution in [1.82, 2.24) is 4.98 Å². The fraction of sp³-hybridized carbons (Fsp3) is 0.500. The first-order chi connectivity index (χ1) is 8.58. The standard InChI is InChI=1S/C12H14N2O4/c1-6(15)14-5-9(7-2-3-7)18-11-8(14)4-13-10(11)12(16)17/h4,7,9,13H,2-3,5H2,1H3,(H,16,17). The predicted molar refractivity (Wildman–Crippen MR) is 62.9 cm³/mol. The number of anilines is 1. The van der Waals surface area contributed by atoms with Crippen LogP contribution in [0, 0.1) is 5.92 Å². The zero-order valence-corrected chi connectivity index (χ0v) is 9.97. The molecule has 3 rings (SSSR count). The molecule has 1 aromatic heterocycles. The van der Waals surface area contributed by atoms with Gasteiger partial charge in [0.15, 0.2) is 11.4 Å². The number of aromatic nitrogens is 1. The molecule has 1 aliphatic carbocycles. The number of hydrogen-bond donors (Lipinski definition) is 2. The highest BCUT2D eigenvalue weighted by molar-refractivity contribution is 5.98. The Bertz CT molecular complexity index is 518. The number of carbonyl (C=O) groups excluding carboxylic acids is 1. The Morgan fingerprint density at radius 3 is 2.78 bits per heavy atom. The zero-order chi connectivity index (χ0) is 12.9. The van der Waals surface area contributed by atoms with E-state index in [0.29, 0.717) is 23.9 Å². The van der Waals surface area contributed by atoms with E-state index in [-0.39, 0.29) is 17.7 Å². The smallest absolute Gasteiger partial charge is 0.356 e. The predicted octanol–water partition coefficient (Wildman–Crippen LogP) is 1.24. The Kier molecular flexibility index (Phi) is 2.33. The van der Waals surface area contributed by atoms with Crippen LogP contribution >= 0.6 is 0 Å². The summed E-state index contributed by atoms with van der Waals surface area (Å²) in [6.07, 6.45) is 3.59.